The second kappa shape index (κ2) is 34.2. The van der Waals surface area contributed by atoms with Crippen molar-refractivity contribution >= 4 is 70.6 Å². The van der Waals surface area contributed by atoms with Crippen molar-refractivity contribution in [3.8, 4) is 46.0 Å². The molecule has 0 aliphatic heterocycles. The molecule has 0 saturated heterocycles. The highest BCUT2D eigenvalue weighted by molar-refractivity contribution is 6.13. The van der Waals surface area contributed by atoms with Crippen molar-refractivity contribution in [2.24, 2.45) is 0 Å². The Morgan fingerprint density at radius 2 is 0.692 bits per heavy atom. The summed E-state index contributed by atoms with van der Waals surface area (Å²) in [5.41, 5.74) is 6.57. The number of nitrogens with one attached hydrogen (secondary N) is 4. The first kappa shape index (κ1) is 72.7. The lowest BCUT2D eigenvalue weighted by atomic mass is 9.90. The third-order valence-electron chi connectivity index (χ3n) is 18.1. The predicted octanol–water partition coefficient (Wildman–Crippen LogP) is 15.4. The third kappa shape index (κ3) is 16.9. The lowest BCUT2D eigenvalue weighted by molar-refractivity contribution is -0.118. The minimum atomic E-state index is -1.34. The second-order valence-electron chi connectivity index (χ2n) is 25.0. The summed E-state index contributed by atoms with van der Waals surface area (Å²) in [5, 5.41) is 38.1. The predicted molar refractivity (Wildman–Crippen MR) is 402 cm³/mol. The summed E-state index contributed by atoms with van der Waals surface area (Å²) < 4.78 is 35.8. The number of hydrogen-bond donors (Lipinski definition) is 6. The number of amides is 6. The molecule has 2 atom stereocenters. The van der Waals surface area contributed by atoms with E-state index in [1.807, 2.05) is 13.8 Å². The van der Waals surface area contributed by atoms with Crippen LogP contribution in [0.4, 0.5) is 34.1 Å². The van der Waals surface area contributed by atoms with Gasteiger partial charge in [0.25, 0.3) is 23.6 Å². The van der Waals surface area contributed by atoms with Crippen LogP contribution >= 0.6 is 0 Å². The van der Waals surface area contributed by atoms with Gasteiger partial charge in [-0.3, -0.25) is 38.6 Å². The largest absolute Gasteiger partial charge is 0.507 e. The first-order chi connectivity index (χ1) is 50.6. The van der Waals surface area contributed by atoms with Crippen LogP contribution < -0.4 is 59.5 Å². The van der Waals surface area contributed by atoms with E-state index in [0.717, 1.165) is 12.8 Å². The fourth-order valence-corrected chi connectivity index (χ4v) is 12.9. The average molecular weight is 1400 g/mol. The lowest BCUT2D eigenvalue weighted by Crippen LogP contribution is -2.41. The quantitative estimate of drug-likeness (QED) is 0.0152. The molecule has 1 aliphatic carbocycles. The van der Waals surface area contributed by atoms with E-state index in [1.165, 1.54) is 38.2 Å². The lowest BCUT2D eigenvalue weighted by Gasteiger charge is -2.32. The number of fused-ring (bicyclic) bond motifs is 8. The number of phenols is 2. The Kier molecular flexibility index (Phi) is 23.9. The van der Waals surface area contributed by atoms with Gasteiger partial charge in [-0.05, 0) is 170 Å². The Morgan fingerprint density at radius 1 is 0.404 bits per heavy atom. The number of benzene rings is 10. The molecule has 532 valence electrons. The molecule has 0 aromatic heterocycles. The van der Waals surface area contributed by atoms with Gasteiger partial charge in [0.1, 0.15) is 58.1 Å². The van der Waals surface area contributed by atoms with E-state index < -0.39 is 35.7 Å². The molecule has 2 unspecified atom stereocenters. The molecule has 0 saturated carbocycles. The fourth-order valence-electron chi connectivity index (χ4n) is 12.9. The van der Waals surface area contributed by atoms with Crippen molar-refractivity contribution in [2.75, 3.05) is 72.7 Å². The third-order valence-corrected chi connectivity index (χ3v) is 18.1. The van der Waals surface area contributed by atoms with Gasteiger partial charge in [-0.15, -0.1) is 0 Å². The number of carbonyl (C=O) groups excluding carboxylic acids is 6. The first-order valence-electron chi connectivity index (χ1n) is 34.3. The van der Waals surface area contributed by atoms with Crippen LogP contribution in [0.1, 0.15) is 128 Å². The van der Waals surface area contributed by atoms with Crippen molar-refractivity contribution < 1.29 is 67.4 Å². The maximum atomic E-state index is 15.9. The summed E-state index contributed by atoms with van der Waals surface area (Å²) >= 11 is 0. The number of methoxy groups -OCH3 is 4. The number of rotatable bonds is 28. The van der Waals surface area contributed by atoms with Gasteiger partial charge in [0, 0.05) is 115 Å². The van der Waals surface area contributed by atoms with Crippen LogP contribution in [0.25, 0.3) is 0 Å². The van der Waals surface area contributed by atoms with Crippen molar-refractivity contribution in [1.29, 1.82) is 0 Å². The monoisotopic (exact) mass is 1400 g/mol. The molecule has 104 heavy (non-hydrogen) atoms. The van der Waals surface area contributed by atoms with E-state index in [4.69, 9.17) is 28.4 Å². The van der Waals surface area contributed by atoms with Crippen molar-refractivity contribution in [3.05, 3.63) is 273 Å². The summed E-state index contributed by atoms with van der Waals surface area (Å²) in [4.78, 5) is 90.2. The molecular weight excluding hydrogens is 1320 g/mol. The van der Waals surface area contributed by atoms with Crippen LogP contribution in [0.3, 0.4) is 0 Å². The van der Waals surface area contributed by atoms with Crippen LogP contribution in [0, 0.1) is 0 Å². The molecule has 6 amide bonds. The van der Waals surface area contributed by atoms with Gasteiger partial charge in [-0.25, -0.2) is 0 Å². The van der Waals surface area contributed by atoms with Crippen molar-refractivity contribution in [3.63, 3.8) is 0 Å². The van der Waals surface area contributed by atoms with Gasteiger partial charge < -0.3 is 59.9 Å². The molecular formula is C84H82N6O14. The highest BCUT2D eigenvalue weighted by Gasteiger charge is 2.37. The number of anilines is 6. The van der Waals surface area contributed by atoms with E-state index in [0.29, 0.717) is 150 Å². The van der Waals surface area contributed by atoms with E-state index in [-0.39, 0.29) is 61.8 Å². The highest BCUT2D eigenvalue weighted by atomic mass is 16.5. The summed E-state index contributed by atoms with van der Waals surface area (Å²) in [7, 11) is 6.13. The average Bonchev–Trinajstić information content (AvgIpc) is 0.782. The topological polar surface area (TPSA) is 253 Å². The van der Waals surface area contributed by atoms with Gasteiger partial charge in [0.05, 0.1) is 41.7 Å². The number of aromatic hydroxyl groups is 2. The standard InChI is InChI=1S/C84H82N6O14/c1-7-9-37-103-79-61-39-57-43-65(85-51-91)45-59(77(57)93)41-63-49-68(88-82(96)76(54-23-31-72(100-4)32-24-54)90(70-27-35-74(102-6)36-28-70)84(98)56-19-15-12-16-20-56)50-64(80(63)104-38-10-8-2)42-60-46-66(86-52-92)44-58(78(60)94)40-62(79)48-67(47-61)87-81(95)75(53-21-29-71(99-3)30-22-53)89(69-25-33-73(101-5)34-26-69)83(97)55-17-13-11-14-18-55/h11-36,43-52,75-76,93-94H,7-10,37-42H2,1-6H3,(H,85,91)(H,86,92)(H,87,95)(H,88,96). The molecule has 20 heteroatoms. The first-order valence-corrected chi connectivity index (χ1v) is 34.3. The fraction of sp³-hybridized carbons (Fsp3) is 0.214. The molecule has 1 aliphatic rings. The normalized spacial score (nSPS) is 12.1. The molecule has 0 heterocycles. The van der Waals surface area contributed by atoms with E-state index >= 15 is 19.2 Å². The Bertz CT molecular complexity index is 4300. The Balaban J connectivity index is 1.10. The van der Waals surface area contributed by atoms with Crippen LogP contribution in [0.5, 0.6) is 46.0 Å². The van der Waals surface area contributed by atoms with E-state index in [9.17, 15) is 19.8 Å². The molecule has 0 fully saturated rings. The maximum Gasteiger partial charge on any atom is 0.259 e. The van der Waals surface area contributed by atoms with E-state index in [1.54, 1.807) is 206 Å². The van der Waals surface area contributed by atoms with Crippen molar-refractivity contribution in [1.82, 2.24) is 0 Å². The number of carbonyl (C=O) groups is 6. The summed E-state index contributed by atoms with van der Waals surface area (Å²) in [6.07, 6.45) is 3.55. The van der Waals surface area contributed by atoms with Crippen LogP contribution in [0.2, 0.25) is 0 Å². The molecule has 10 aromatic carbocycles. The minimum Gasteiger partial charge on any atom is -0.507 e. The van der Waals surface area contributed by atoms with Gasteiger partial charge in [-0.1, -0.05) is 87.4 Å². The van der Waals surface area contributed by atoms with Gasteiger partial charge >= 0.3 is 0 Å². The van der Waals surface area contributed by atoms with Gasteiger partial charge in [0.2, 0.25) is 12.8 Å². The smallest absolute Gasteiger partial charge is 0.259 e. The van der Waals surface area contributed by atoms with Crippen LogP contribution in [0.15, 0.2) is 206 Å². The molecule has 0 spiro atoms. The van der Waals surface area contributed by atoms with Crippen LogP contribution in [-0.4, -0.2) is 88.3 Å². The van der Waals surface area contributed by atoms with E-state index in [2.05, 4.69) is 21.3 Å². The summed E-state index contributed by atoms with van der Waals surface area (Å²) in [5.74, 6) is 0.287. The number of hydrogen-bond acceptors (Lipinski definition) is 14. The van der Waals surface area contributed by atoms with Gasteiger partial charge in [-0.2, -0.15) is 0 Å². The number of unbranched alkanes of at least 4 members (excludes halogenated alkanes) is 2. The van der Waals surface area contributed by atoms with Crippen LogP contribution in [-0.2, 0) is 44.9 Å². The molecule has 0 radical (unpaired) electrons. The molecule has 6 N–H and O–H groups in total. The maximum absolute atomic E-state index is 15.9. The second-order valence-corrected chi connectivity index (χ2v) is 25.0. The Morgan fingerprint density at radius 3 is 0.971 bits per heavy atom. The SMILES string of the molecule is CCCCOc1c2cc(NC(=O)C(c3ccc(OC)cc3)N(C(=O)c3ccccc3)c3ccc(OC)cc3)cc1Cc1cc(NC=O)cc(c1O)Cc1cc(NC(=O)C(c3ccc(OC)cc3)N(C(=O)c3ccccc3)c3ccc(OC)cc3)cc(c1OCCCC)Cc1cc(NC=O)cc(c1O)C2. The molecule has 10 aromatic rings. The zero-order valence-corrected chi connectivity index (χ0v) is 58.7. The molecule has 20 nitrogen and oxygen atoms in total. The van der Waals surface area contributed by atoms with Crippen molar-refractivity contribution in [2.45, 2.75) is 77.3 Å². The number of nitrogens with zero attached hydrogens (tertiary/aromatic N) is 2. The number of phenolic OH excluding ortho intramolecular Hbond substituents is 2. The molecule has 11 rings (SSSR count). The Labute approximate surface area is 604 Å². The zero-order valence-electron chi connectivity index (χ0n) is 58.7. The van der Waals surface area contributed by atoms with Gasteiger partial charge in [0.15, 0.2) is 0 Å². The highest BCUT2D eigenvalue weighted by Crippen LogP contribution is 2.44. The minimum absolute atomic E-state index is 0.0813. The summed E-state index contributed by atoms with van der Waals surface area (Å²) in [6.45, 7) is 4.54. The molecule has 8 bridgehead atoms. The summed E-state index contributed by atoms with van der Waals surface area (Å²) in [6, 6.07) is 55.5. The zero-order chi connectivity index (χ0) is 73.2. The Hall–Kier alpha value is -12.6. The number of ether oxygens (including phenoxy) is 6.